The lowest BCUT2D eigenvalue weighted by molar-refractivity contribution is 0.861. The van der Waals surface area contributed by atoms with Crippen LogP contribution in [0.25, 0.3) is 16.9 Å². The van der Waals surface area contributed by atoms with E-state index in [4.69, 9.17) is 0 Å². The van der Waals surface area contributed by atoms with Crippen LogP contribution in [-0.2, 0) is 0 Å². The van der Waals surface area contributed by atoms with E-state index in [-0.39, 0.29) is 0 Å². The van der Waals surface area contributed by atoms with Crippen LogP contribution in [0.1, 0.15) is 11.1 Å². The Morgan fingerprint density at radius 3 is 2.54 bits per heavy atom. The molecule has 1 aromatic carbocycles. The molecular formula is C18H16N6. The van der Waals surface area contributed by atoms with Crippen molar-refractivity contribution in [3.05, 3.63) is 66.2 Å². The number of nitrogens with zero attached hydrogens (tertiary/aromatic N) is 5. The first-order chi connectivity index (χ1) is 11.7. The van der Waals surface area contributed by atoms with Crippen LogP contribution in [-0.4, -0.2) is 24.7 Å². The number of aryl methyl sites for hydroxylation is 2. The van der Waals surface area contributed by atoms with Crippen LogP contribution >= 0.6 is 0 Å². The van der Waals surface area contributed by atoms with Crippen LogP contribution in [0.15, 0.2) is 55.1 Å². The number of hydrogen-bond acceptors (Lipinski definition) is 5. The number of benzene rings is 1. The van der Waals surface area contributed by atoms with Crippen LogP contribution < -0.4 is 5.32 Å². The Labute approximate surface area is 139 Å². The summed E-state index contributed by atoms with van der Waals surface area (Å²) in [7, 11) is 0. The summed E-state index contributed by atoms with van der Waals surface area (Å²) in [5.74, 6) is 1.45. The van der Waals surface area contributed by atoms with E-state index in [1.54, 1.807) is 17.1 Å². The first kappa shape index (κ1) is 14.3. The zero-order valence-electron chi connectivity index (χ0n) is 13.4. The molecule has 6 nitrogen and oxygen atoms in total. The van der Waals surface area contributed by atoms with Crippen LogP contribution in [0.4, 0.5) is 11.5 Å². The Morgan fingerprint density at radius 1 is 0.958 bits per heavy atom. The predicted octanol–water partition coefficient (Wildman–Crippen LogP) is 3.57. The number of nitrogens with one attached hydrogen (secondary N) is 1. The van der Waals surface area contributed by atoms with Gasteiger partial charge in [0, 0.05) is 11.9 Å². The minimum absolute atomic E-state index is 0.718. The van der Waals surface area contributed by atoms with Crippen molar-refractivity contribution in [1.29, 1.82) is 0 Å². The van der Waals surface area contributed by atoms with Crippen LogP contribution in [0.2, 0.25) is 0 Å². The average molecular weight is 316 g/mol. The van der Waals surface area contributed by atoms with E-state index in [1.807, 2.05) is 18.2 Å². The number of anilines is 2. The van der Waals surface area contributed by atoms with Crippen LogP contribution in [0, 0.1) is 13.8 Å². The summed E-state index contributed by atoms with van der Waals surface area (Å²) >= 11 is 0. The summed E-state index contributed by atoms with van der Waals surface area (Å²) in [4.78, 5) is 13.1. The zero-order chi connectivity index (χ0) is 16.5. The second-order valence-corrected chi connectivity index (χ2v) is 5.71. The second-order valence-electron chi connectivity index (χ2n) is 5.71. The molecule has 0 spiro atoms. The Kier molecular flexibility index (Phi) is 3.42. The summed E-state index contributed by atoms with van der Waals surface area (Å²) < 4.78 is 1.71. The largest absolute Gasteiger partial charge is 0.340 e. The summed E-state index contributed by atoms with van der Waals surface area (Å²) in [5, 5.41) is 8.63. The van der Waals surface area contributed by atoms with Gasteiger partial charge in [-0.1, -0.05) is 12.1 Å². The summed E-state index contributed by atoms with van der Waals surface area (Å²) in [6, 6.07) is 12.0. The second kappa shape index (κ2) is 5.73. The number of aromatic nitrogens is 5. The van der Waals surface area contributed by atoms with E-state index in [9.17, 15) is 0 Å². The lowest BCUT2D eigenvalue weighted by atomic mass is 10.1. The molecule has 118 valence electrons. The van der Waals surface area contributed by atoms with Crippen LogP contribution in [0.5, 0.6) is 0 Å². The van der Waals surface area contributed by atoms with E-state index < -0.39 is 0 Å². The molecule has 4 rings (SSSR count). The third kappa shape index (κ3) is 2.58. The molecule has 1 N–H and O–H groups in total. The van der Waals surface area contributed by atoms with Gasteiger partial charge in [-0.05, 0) is 49.2 Å². The third-order valence-corrected chi connectivity index (χ3v) is 3.72. The molecule has 0 aliphatic heterocycles. The molecule has 0 saturated heterocycles. The molecule has 0 saturated carbocycles. The number of rotatable bonds is 3. The highest BCUT2D eigenvalue weighted by atomic mass is 15.3. The van der Waals surface area contributed by atoms with Gasteiger partial charge in [-0.15, -0.1) is 0 Å². The normalized spacial score (nSPS) is 10.9. The average Bonchev–Trinajstić information content (AvgIpc) is 3.00. The third-order valence-electron chi connectivity index (χ3n) is 3.72. The SMILES string of the molecule is Cc1cc(C)cc(Nc2ncnc3c2cnn3-c2ccccn2)c1. The Hall–Kier alpha value is -3.28. The fourth-order valence-electron chi connectivity index (χ4n) is 2.77. The molecule has 0 atom stereocenters. The van der Waals surface area contributed by atoms with Gasteiger partial charge >= 0.3 is 0 Å². The molecule has 0 unspecified atom stereocenters. The molecule has 0 aliphatic carbocycles. The molecule has 0 fully saturated rings. The molecule has 0 bridgehead atoms. The van der Waals surface area contributed by atoms with Gasteiger partial charge in [-0.25, -0.2) is 15.0 Å². The highest BCUT2D eigenvalue weighted by Crippen LogP contribution is 2.25. The molecule has 0 amide bonds. The first-order valence-corrected chi connectivity index (χ1v) is 7.66. The Balaban J connectivity index is 1.79. The van der Waals surface area contributed by atoms with Crippen molar-refractivity contribution in [3.63, 3.8) is 0 Å². The lowest BCUT2D eigenvalue weighted by Gasteiger charge is -2.08. The van der Waals surface area contributed by atoms with E-state index in [0.717, 1.165) is 28.4 Å². The van der Waals surface area contributed by atoms with E-state index in [2.05, 4.69) is 57.4 Å². The highest BCUT2D eigenvalue weighted by Gasteiger charge is 2.12. The lowest BCUT2D eigenvalue weighted by Crippen LogP contribution is -2.01. The van der Waals surface area contributed by atoms with Crippen molar-refractivity contribution in [2.45, 2.75) is 13.8 Å². The fourth-order valence-corrected chi connectivity index (χ4v) is 2.77. The molecule has 4 aromatic rings. The molecule has 3 heterocycles. The summed E-state index contributed by atoms with van der Waals surface area (Å²) in [6.07, 6.45) is 5.03. The number of fused-ring (bicyclic) bond motifs is 1. The molecule has 24 heavy (non-hydrogen) atoms. The number of hydrogen-bond donors (Lipinski definition) is 1. The van der Waals surface area contributed by atoms with Crippen molar-refractivity contribution in [2.24, 2.45) is 0 Å². The van der Waals surface area contributed by atoms with Gasteiger partial charge in [0.1, 0.15) is 12.1 Å². The fraction of sp³-hybridized carbons (Fsp3) is 0.111. The Bertz CT molecular complexity index is 986. The van der Waals surface area contributed by atoms with Crippen molar-refractivity contribution >= 4 is 22.5 Å². The molecule has 0 radical (unpaired) electrons. The minimum atomic E-state index is 0.718. The van der Waals surface area contributed by atoms with Crippen molar-refractivity contribution in [2.75, 3.05) is 5.32 Å². The molecule has 0 aliphatic rings. The van der Waals surface area contributed by atoms with Gasteiger partial charge in [0.25, 0.3) is 0 Å². The van der Waals surface area contributed by atoms with Crippen LogP contribution in [0.3, 0.4) is 0 Å². The monoisotopic (exact) mass is 316 g/mol. The van der Waals surface area contributed by atoms with Gasteiger partial charge in [0.05, 0.1) is 11.6 Å². The van der Waals surface area contributed by atoms with E-state index in [0.29, 0.717) is 0 Å². The van der Waals surface area contributed by atoms with E-state index in [1.165, 1.54) is 17.5 Å². The maximum absolute atomic E-state index is 4.41. The van der Waals surface area contributed by atoms with Gasteiger partial charge in [0.15, 0.2) is 11.5 Å². The molecular weight excluding hydrogens is 300 g/mol. The van der Waals surface area contributed by atoms with E-state index >= 15 is 0 Å². The maximum atomic E-state index is 4.41. The molecule has 6 heteroatoms. The zero-order valence-corrected chi connectivity index (χ0v) is 13.4. The summed E-state index contributed by atoms with van der Waals surface area (Å²) in [5.41, 5.74) is 4.12. The first-order valence-electron chi connectivity index (χ1n) is 7.66. The minimum Gasteiger partial charge on any atom is -0.340 e. The van der Waals surface area contributed by atoms with Gasteiger partial charge in [0.2, 0.25) is 0 Å². The maximum Gasteiger partial charge on any atom is 0.170 e. The standard InChI is InChI=1S/C18H16N6/c1-12-7-13(2)9-14(8-12)23-17-15-10-22-24(18(15)21-11-20-17)16-5-3-4-6-19-16/h3-11H,1-2H3,(H,20,21,23). The smallest absolute Gasteiger partial charge is 0.170 e. The van der Waals surface area contributed by atoms with Crippen molar-refractivity contribution < 1.29 is 0 Å². The van der Waals surface area contributed by atoms with Gasteiger partial charge in [-0.2, -0.15) is 9.78 Å². The topological polar surface area (TPSA) is 68.5 Å². The Morgan fingerprint density at radius 2 is 1.79 bits per heavy atom. The van der Waals surface area contributed by atoms with Crippen molar-refractivity contribution in [3.8, 4) is 5.82 Å². The quantitative estimate of drug-likeness (QED) is 0.626. The predicted molar refractivity (Wildman–Crippen MR) is 93.7 cm³/mol. The van der Waals surface area contributed by atoms with Gasteiger partial charge < -0.3 is 5.32 Å². The summed E-state index contributed by atoms with van der Waals surface area (Å²) in [6.45, 7) is 4.15. The van der Waals surface area contributed by atoms with Gasteiger partial charge in [-0.3, -0.25) is 0 Å². The highest BCUT2D eigenvalue weighted by molar-refractivity contribution is 5.89. The number of pyridine rings is 1. The van der Waals surface area contributed by atoms with Crippen molar-refractivity contribution in [1.82, 2.24) is 24.7 Å². The molecule has 3 aromatic heterocycles.